The maximum Gasteiger partial charge on any atom is 0.257 e. The molecule has 0 radical (unpaired) electrons. The lowest BCUT2D eigenvalue weighted by Crippen LogP contribution is -2.49. The fourth-order valence-corrected chi connectivity index (χ4v) is 3.45. The first-order valence-electron chi connectivity index (χ1n) is 9.48. The molecule has 1 saturated heterocycles. The molecule has 1 amide bonds. The van der Waals surface area contributed by atoms with Crippen LogP contribution in [0.4, 0.5) is 19.0 Å². The minimum Gasteiger partial charge on any atom is -0.491 e. The van der Waals surface area contributed by atoms with Crippen LogP contribution >= 0.6 is 0 Å². The SMILES string of the molecule is COc1c(F)c(F)cc(C(=O)N2CCN(c3cc(-n4ccnc4)nc(C)n3)CC2)c1F. The van der Waals surface area contributed by atoms with Gasteiger partial charge in [0.25, 0.3) is 5.91 Å². The average molecular weight is 432 g/mol. The number of rotatable bonds is 4. The van der Waals surface area contributed by atoms with Crippen molar-refractivity contribution in [3.63, 3.8) is 0 Å². The zero-order chi connectivity index (χ0) is 22.1. The van der Waals surface area contributed by atoms with E-state index in [2.05, 4.69) is 19.7 Å². The lowest BCUT2D eigenvalue weighted by atomic mass is 10.1. The largest absolute Gasteiger partial charge is 0.491 e. The van der Waals surface area contributed by atoms with Crippen molar-refractivity contribution in [2.24, 2.45) is 0 Å². The first-order chi connectivity index (χ1) is 14.9. The number of aryl methyl sites for hydroxylation is 1. The van der Waals surface area contributed by atoms with Crippen molar-refractivity contribution in [2.75, 3.05) is 38.2 Å². The fraction of sp³-hybridized carbons (Fsp3) is 0.300. The highest BCUT2D eigenvalue weighted by Gasteiger charge is 2.29. The molecule has 1 aromatic carbocycles. The molecule has 0 bridgehead atoms. The second-order valence-electron chi connectivity index (χ2n) is 6.95. The molecule has 1 aliphatic heterocycles. The van der Waals surface area contributed by atoms with Crippen molar-refractivity contribution in [2.45, 2.75) is 6.92 Å². The number of carbonyl (C=O) groups is 1. The van der Waals surface area contributed by atoms with Crippen LogP contribution < -0.4 is 9.64 Å². The number of hydrogen-bond donors (Lipinski definition) is 0. The fourth-order valence-electron chi connectivity index (χ4n) is 3.45. The number of halogens is 3. The molecule has 2 aromatic heterocycles. The Hall–Kier alpha value is -3.63. The van der Waals surface area contributed by atoms with E-state index in [1.54, 1.807) is 30.2 Å². The number of ether oxygens (including phenoxy) is 1. The van der Waals surface area contributed by atoms with E-state index in [1.165, 1.54) is 4.90 Å². The Kier molecular flexibility index (Phi) is 5.49. The van der Waals surface area contributed by atoms with Gasteiger partial charge >= 0.3 is 0 Å². The molecule has 3 heterocycles. The van der Waals surface area contributed by atoms with Gasteiger partial charge in [-0.2, -0.15) is 4.39 Å². The van der Waals surface area contributed by atoms with Gasteiger partial charge in [-0.3, -0.25) is 9.36 Å². The summed E-state index contributed by atoms with van der Waals surface area (Å²) >= 11 is 0. The average Bonchev–Trinajstić information content (AvgIpc) is 3.31. The minimum atomic E-state index is -1.46. The van der Waals surface area contributed by atoms with Crippen molar-refractivity contribution in [1.82, 2.24) is 24.4 Å². The Bertz CT molecular complexity index is 1110. The second-order valence-corrected chi connectivity index (χ2v) is 6.95. The predicted molar refractivity (Wildman–Crippen MR) is 105 cm³/mol. The van der Waals surface area contributed by atoms with Gasteiger partial charge in [0.2, 0.25) is 5.82 Å². The van der Waals surface area contributed by atoms with Gasteiger partial charge in [-0.25, -0.2) is 23.7 Å². The van der Waals surface area contributed by atoms with E-state index in [-0.39, 0.29) is 13.1 Å². The van der Waals surface area contributed by atoms with Crippen LogP contribution in [0.15, 0.2) is 30.9 Å². The molecule has 4 rings (SSSR count). The second kappa shape index (κ2) is 8.25. The highest BCUT2D eigenvalue weighted by molar-refractivity contribution is 5.95. The Morgan fingerprint density at radius 1 is 1.03 bits per heavy atom. The minimum absolute atomic E-state index is 0.253. The van der Waals surface area contributed by atoms with E-state index >= 15 is 0 Å². The van der Waals surface area contributed by atoms with Crippen LogP contribution in [0.25, 0.3) is 5.82 Å². The Balaban J connectivity index is 1.51. The smallest absolute Gasteiger partial charge is 0.257 e. The standard InChI is InChI=1S/C20H19F3N6O2/c1-12-25-15(10-16(26-12)29-4-3-24-11-29)27-5-7-28(8-6-27)20(30)13-9-14(21)18(23)19(31-2)17(13)22/h3-4,9-11H,5-8H2,1-2H3. The monoisotopic (exact) mass is 432 g/mol. The number of amides is 1. The van der Waals surface area contributed by atoms with Crippen molar-refractivity contribution in [3.05, 3.63) is 59.7 Å². The molecular weight excluding hydrogens is 413 g/mol. The number of methoxy groups -OCH3 is 1. The normalized spacial score (nSPS) is 14.1. The molecule has 8 nitrogen and oxygen atoms in total. The van der Waals surface area contributed by atoms with Crippen LogP contribution in [0.5, 0.6) is 5.75 Å². The number of benzene rings is 1. The summed E-state index contributed by atoms with van der Waals surface area (Å²) in [5.41, 5.74) is -0.565. The maximum atomic E-state index is 14.5. The van der Waals surface area contributed by atoms with Crippen LogP contribution in [-0.2, 0) is 0 Å². The highest BCUT2D eigenvalue weighted by atomic mass is 19.2. The van der Waals surface area contributed by atoms with Crippen LogP contribution in [0, 0.1) is 24.4 Å². The molecule has 1 aliphatic rings. The first kappa shape index (κ1) is 20.6. The number of nitrogens with zero attached hydrogens (tertiary/aromatic N) is 6. The molecule has 0 atom stereocenters. The van der Waals surface area contributed by atoms with E-state index in [0.717, 1.165) is 7.11 Å². The van der Waals surface area contributed by atoms with E-state index in [9.17, 15) is 18.0 Å². The number of hydrogen-bond acceptors (Lipinski definition) is 6. The van der Waals surface area contributed by atoms with Crippen molar-refractivity contribution in [1.29, 1.82) is 0 Å². The molecule has 0 unspecified atom stereocenters. The summed E-state index contributed by atoms with van der Waals surface area (Å²) in [7, 11) is 1.01. The Morgan fingerprint density at radius 2 is 1.74 bits per heavy atom. The Labute approximate surface area is 175 Å². The van der Waals surface area contributed by atoms with E-state index < -0.39 is 34.7 Å². The van der Waals surface area contributed by atoms with Crippen molar-refractivity contribution < 1.29 is 22.7 Å². The van der Waals surface area contributed by atoms with Crippen LogP contribution in [0.1, 0.15) is 16.2 Å². The van der Waals surface area contributed by atoms with Gasteiger partial charge < -0.3 is 14.5 Å². The van der Waals surface area contributed by atoms with Gasteiger partial charge in [-0.05, 0) is 13.0 Å². The zero-order valence-electron chi connectivity index (χ0n) is 16.8. The van der Waals surface area contributed by atoms with Gasteiger partial charge in [-0.15, -0.1) is 0 Å². The molecule has 3 aromatic rings. The van der Waals surface area contributed by atoms with Crippen LogP contribution in [0.3, 0.4) is 0 Å². The topological polar surface area (TPSA) is 76.4 Å². The van der Waals surface area contributed by atoms with E-state index in [0.29, 0.717) is 36.6 Å². The third kappa shape index (κ3) is 3.90. The van der Waals surface area contributed by atoms with Crippen LogP contribution in [0.2, 0.25) is 0 Å². The summed E-state index contributed by atoms with van der Waals surface area (Å²) < 4.78 is 48.3. The molecule has 0 aliphatic carbocycles. The molecular formula is C20H19F3N6O2. The summed E-state index contributed by atoms with van der Waals surface area (Å²) in [6, 6.07) is 2.37. The van der Waals surface area contributed by atoms with E-state index in [1.807, 2.05) is 11.0 Å². The molecule has 1 fully saturated rings. The third-order valence-electron chi connectivity index (χ3n) is 5.02. The summed E-state index contributed by atoms with van der Waals surface area (Å²) in [6.07, 6.45) is 5.05. The lowest BCUT2D eigenvalue weighted by molar-refractivity contribution is 0.0740. The molecule has 0 spiro atoms. The van der Waals surface area contributed by atoms with E-state index in [4.69, 9.17) is 0 Å². The quantitative estimate of drug-likeness (QED) is 0.590. The summed E-state index contributed by atoms with van der Waals surface area (Å²) in [5.74, 6) is -3.74. The molecule has 0 saturated carbocycles. The van der Waals surface area contributed by atoms with Crippen molar-refractivity contribution in [3.8, 4) is 11.6 Å². The number of aromatic nitrogens is 4. The number of anilines is 1. The number of piperazine rings is 1. The summed E-state index contributed by atoms with van der Waals surface area (Å²) in [6.45, 7) is 3.14. The lowest BCUT2D eigenvalue weighted by Gasteiger charge is -2.35. The molecule has 0 N–H and O–H groups in total. The molecule has 31 heavy (non-hydrogen) atoms. The Morgan fingerprint density at radius 3 is 2.39 bits per heavy atom. The number of carbonyl (C=O) groups excluding carboxylic acids is 1. The maximum absolute atomic E-state index is 14.5. The third-order valence-corrected chi connectivity index (χ3v) is 5.02. The molecule has 162 valence electrons. The molecule has 11 heteroatoms. The zero-order valence-corrected chi connectivity index (χ0v) is 16.8. The van der Waals surface area contributed by atoms with Crippen LogP contribution in [-0.4, -0.2) is 63.6 Å². The van der Waals surface area contributed by atoms with Gasteiger partial charge in [0.05, 0.1) is 12.7 Å². The summed E-state index contributed by atoms with van der Waals surface area (Å²) in [4.78, 5) is 29.0. The van der Waals surface area contributed by atoms with Gasteiger partial charge in [0.1, 0.15) is 23.8 Å². The van der Waals surface area contributed by atoms with Gasteiger partial charge in [-0.1, -0.05) is 0 Å². The van der Waals surface area contributed by atoms with Gasteiger partial charge in [0.15, 0.2) is 17.4 Å². The highest BCUT2D eigenvalue weighted by Crippen LogP contribution is 2.28. The first-order valence-corrected chi connectivity index (χ1v) is 9.48. The van der Waals surface area contributed by atoms with Crippen molar-refractivity contribution >= 4 is 11.7 Å². The summed E-state index contributed by atoms with van der Waals surface area (Å²) in [5, 5.41) is 0. The number of imidazole rings is 1. The van der Waals surface area contributed by atoms with Gasteiger partial charge in [0, 0.05) is 44.6 Å². The predicted octanol–water partition coefficient (Wildman–Crippen LogP) is 2.36.